The van der Waals surface area contributed by atoms with Gasteiger partial charge < -0.3 is 10.2 Å². The predicted octanol–water partition coefficient (Wildman–Crippen LogP) is 1.52. The van der Waals surface area contributed by atoms with Gasteiger partial charge in [0.05, 0.1) is 6.61 Å². The molecule has 2 saturated heterocycles. The molecule has 0 saturated carbocycles. The van der Waals surface area contributed by atoms with E-state index < -0.39 is 0 Å². The summed E-state index contributed by atoms with van der Waals surface area (Å²) in [6.07, 6.45) is 4.67. The first-order valence-electron chi connectivity index (χ1n) is 6.88. The van der Waals surface area contributed by atoms with Crippen molar-refractivity contribution in [1.82, 2.24) is 10.2 Å². The van der Waals surface area contributed by atoms with Crippen molar-refractivity contribution in [2.24, 2.45) is 11.8 Å². The number of hydrogen-bond acceptors (Lipinski definition) is 2. The molecule has 1 unspecified atom stereocenters. The normalized spacial score (nSPS) is 26.6. The highest BCUT2D eigenvalue weighted by molar-refractivity contribution is 4.89. The van der Waals surface area contributed by atoms with Crippen LogP contribution in [0.5, 0.6) is 0 Å². The fraction of sp³-hybridized carbons (Fsp3) is 1.00. The Kier molecular flexibility index (Phi) is 4.62. The quantitative estimate of drug-likeness (QED) is 0.770. The molecule has 0 aromatic heterocycles. The summed E-state index contributed by atoms with van der Waals surface area (Å²) in [6, 6.07) is 0.787. The molecular weight excluding hydrogens is 200 g/mol. The molecule has 1 radical (unpaired) electrons. The van der Waals surface area contributed by atoms with E-state index in [1.807, 2.05) is 0 Å². The highest BCUT2D eigenvalue weighted by Gasteiger charge is 2.32. The van der Waals surface area contributed by atoms with Gasteiger partial charge >= 0.3 is 0 Å². The Balaban J connectivity index is 1.77. The monoisotopic (exact) mass is 225 g/mol. The molecular formula is C13H25N2O. The van der Waals surface area contributed by atoms with Gasteiger partial charge in [-0.1, -0.05) is 6.92 Å². The van der Waals surface area contributed by atoms with Gasteiger partial charge in [0.25, 0.3) is 0 Å². The zero-order valence-corrected chi connectivity index (χ0v) is 10.5. The molecule has 1 N–H and O–H groups in total. The smallest absolute Gasteiger partial charge is 0.0825 e. The zero-order chi connectivity index (χ0) is 11.4. The highest BCUT2D eigenvalue weighted by Crippen LogP contribution is 2.26. The minimum absolute atomic E-state index is 0.119. The Bertz CT molecular complexity index is 198. The first-order valence-corrected chi connectivity index (χ1v) is 6.88. The summed E-state index contributed by atoms with van der Waals surface area (Å²) in [7, 11) is 0. The summed E-state index contributed by atoms with van der Waals surface area (Å²) in [5, 5.41) is 14.0. The van der Waals surface area contributed by atoms with Crippen molar-refractivity contribution < 1.29 is 5.11 Å². The van der Waals surface area contributed by atoms with Crippen molar-refractivity contribution in [3.8, 4) is 0 Å². The number of piperidine rings is 1. The van der Waals surface area contributed by atoms with Crippen LogP contribution in [0.3, 0.4) is 0 Å². The lowest BCUT2D eigenvalue weighted by Crippen LogP contribution is -2.55. The Labute approximate surface area is 99.2 Å². The van der Waals surface area contributed by atoms with Crippen LogP contribution in [-0.4, -0.2) is 43.7 Å². The lowest BCUT2D eigenvalue weighted by Gasteiger charge is -2.44. The lowest BCUT2D eigenvalue weighted by molar-refractivity contribution is 0.0614. The van der Waals surface area contributed by atoms with Crippen molar-refractivity contribution in [1.29, 1.82) is 0 Å². The molecule has 0 bridgehead atoms. The van der Waals surface area contributed by atoms with Crippen LogP contribution in [0.2, 0.25) is 0 Å². The van der Waals surface area contributed by atoms with Crippen LogP contribution in [0.15, 0.2) is 0 Å². The average molecular weight is 225 g/mol. The second-order valence-electron chi connectivity index (χ2n) is 5.37. The van der Waals surface area contributed by atoms with Crippen LogP contribution in [0, 0.1) is 11.8 Å². The van der Waals surface area contributed by atoms with E-state index in [4.69, 9.17) is 0 Å². The Morgan fingerprint density at radius 1 is 1.31 bits per heavy atom. The van der Waals surface area contributed by atoms with E-state index in [2.05, 4.69) is 17.1 Å². The Morgan fingerprint density at radius 2 is 2.00 bits per heavy atom. The third-order valence-electron chi connectivity index (χ3n) is 4.42. The SMILES string of the molecule is CCC(C1CNC1)N1CCC(CC[O])CC1. The minimum Gasteiger partial charge on any atom is -0.316 e. The van der Waals surface area contributed by atoms with Crippen LogP contribution in [-0.2, 0) is 5.11 Å². The summed E-state index contributed by atoms with van der Waals surface area (Å²) >= 11 is 0. The van der Waals surface area contributed by atoms with Gasteiger partial charge in [-0.25, -0.2) is 5.11 Å². The van der Waals surface area contributed by atoms with E-state index >= 15 is 0 Å². The molecule has 93 valence electrons. The maximum atomic E-state index is 10.6. The van der Waals surface area contributed by atoms with Gasteiger partial charge in [-0.3, -0.25) is 0 Å². The fourth-order valence-corrected chi connectivity index (χ4v) is 3.21. The third kappa shape index (κ3) is 2.76. The van der Waals surface area contributed by atoms with Crippen LogP contribution < -0.4 is 5.32 Å². The number of likely N-dealkylation sites (tertiary alicyclic amines) is 1. The van der Waals surface area contributed by atoms with E-state index in [9.17, 15) is 5.11 Å². The van der Waals surface area contributed by atoms with Crippen LogP contribution in [0.4, 0.5) is 0 Å². The molecule has 1 atom stereocenters. The summed E-state index contributed by atoms with van der Waals surface area (Å²) < 4.78 is 0. The summed E-state index contributed by atoms with van der Waals surface area (Å²) in [6.45, 7) is 7.29. The molecule has 2 fully saturated rings. The molecule has 2 heterocycles. The number of rotatable bonds is 5. The molecule has 2 aliphatic heterocycles. The van der Waals surface area contributed by atoms with Crippen molar-refractivity contribution in [3.63, 3.8) is 0 Å². The molecule has 0 aromatic carbocycles. The Hall–Kier alpha value is -0.120. The molecule has 3 nitrogen and oxygen atoms in total. The van der Waals surface area contributed by atoms with Gasteiger partial charge in [0.15, 0.2) is 0 Å². The molecule has 0 aliphatic carbocycles. The third-order valence-corrected chi connectivity index (χ3v) is 4.42. The van der Waals surface area contributed by atoms with Crippen molar-refractivity contribution in [3.05, 3.63) is 0 Å². The van der Waals surface area contributed by atoms with Crippen molar-refractivity contribution in [2.75, 3.05) is 32.8 Å². The highest BCUT2D eigenvalue weighted by atomic mass is 16.3. The molecule has 0 aromatic rings. The largest absolute Gasteiger partial charge is 0.316 e. The fourth-order valence-electron chi connectivity index (χ4n) is 3.21. The Morgan fingerprint density at radius 3 is 2.44 bits per heavy atom. The summed E-state index contributed by atoms with van der Waals surface area (Å²) in [4.78, 5) is 2.67. The standard InChI is InChI=1S/C13H25N2O/c1-2-13(12-9-14-10-12)15-6-3-11(4-7-15)5-8-16/h11-14H,2-10H2,1H3. The second-order valence-corrected chi connectivity index (χ2v) is 5.37. The molecule has 0 spiro atoms. The van der Waals surface area contributed by atoms with Gasteiger partial charge in [0, 0.05) is 19.1 Å². The summed E-state index contributed by atoms with van der Waals surface area (Å²) in [5.41, 5.74) is 0. The van der Waals surface area contributed by atoms with Crippen LogP contribution in [0.1, 0.15) is 32.6 Å². The van der Waals surface area contributed by atoms with E-state index in [1.165, 1.54) is 45.4 Å². The molecule has 3 heteroatoms. The van der Waals surface area contributed by atoms with E-state index in [0.717, 1.165) is 18.4 Å². The molecule has 0 amide bonds. The van der Waals surface area contributed by atoms with Gasteiger partial charge in [-0.05, 0) is 50.6 Å². The van der Waals surface area contributed by atoms with Crippen molar-refractivity contribution in [2.45, 2.75) is 38.6 Å². The van der Waals surface area contributed by atoms with E-state index in [1.54, 1.807) is 0 Å². The first kappa shape index (κ1) is 12.3. The van der Waals surface area contributed by atoms with E-state index in [-0.39, 0.29) is 6.61 Å². The first-order chi connectivity index (χ1) is 7.85. The van der Waals surface area contributed by atoms with Crippen LogP contribution >= 0.6 is 0 Å². The van der Waals surface area contributed by atoms with Gasteiger partial charge in [-0.2, -0.15) is 0 Å². The van der Waals surface area contributed by atoms with Crippen molar-refractivity contribution >= 4 is 0 Å². The van der Waals surface area contributed by atoms with Gasteiger partial charge in [0.1, 0.15) is 0 Å². The second kappa shape index (κ2) is 5.99. The lowest BCUT2D eigenvalue weighted by atomic mass is 9.87. The number of nitrogens with one attached hydrogen (secondary N) is 1. The number of hydrogen-bond donors (Lipinski definition) is 1. The number of nitrogens with zero attached hydrogens (tertiary/aromatic N) is 1. The van der Waals surface area contributed by atoms with Crippen LogP contribution in [0.25, 0.3) is 0 Å². The predicted molar refractivity (Wildman–Crippen MR) is 64.9 cm³/mol. The molecule has 2 rings (SSSR count). The van der Waals surface area contributed by atoms with Gasteiger partial charge in [-0.15, -0.1) is 0 Å². The maximum Gasteiger partial charge on any atom is 0.0825 e. The zero-order valence-electron chi connectivity index (χ0n) is 10.5. The van der Waals surface area contributed by atoms with Gasteiger partial charge in [0.2, 0.25) is 0 Å². The maximum absolute atomic E-state index is 10.6. The minimum atomic E-state index is 0.119. The average Bonchev–Trinajstić information content (AvgIpc) is 2.25. The van der Waals surface area contributed by atoms with E-state index in [0.29, 0.717) is 5.92 Å². The summed E-state index contributed by atoms with van der Waals surface area (Å²) in [5.74, 6) is 1.59. The molecule has 2 aliphatic rings. The molecule has 16 heavy (non-hydrogen) atoms. The topological polar surface area (TPSA) is 35.2 Å².